The molecule has 0 aromatic carbocycles. The van der Waals surface area contributed by atoms with E-state index >= 15 is 0 Å². The molecule has 0 saturated carbocycles. The summed E-state index contributed by atoms with van der Waals surface area (Å²) in [6.07, 6.45) is 2.78. The third kappa shape index (κ3) is 3.34. The fourth-order valence-corrected chi connectivity index (χ4v) is 1.61. The van der Waals surface area contributed by atoms with E-state index in [4.69, 9.17) is 11.6 Å². The minimum atomic E-state index is 0.689. The van der Waals surface area contributed by atoms with Crippen LogP contribution in [-0.4, -0.2) is 28.9 Å². The molecule has 1 heterocycles. The van der Waals surface area contributed by atoms with Crippen molar-refractivity contribution < 1.29 is 0 Å². The zero-order valence-corrected chi connectivity index (χ0v) is 10.4. The van der Waals surface area contributed by atoms with Gasteiger partial charge in [0.2, 0.25) is 0 Å². The number of hydrogen-bond acceptors (Lipinski definition) is 3. The number of aryl methyl sites for hydroxylation is 2. The maximum Gasteiger partial charge on any atom is 0.150 e. The molecule has 4 heteroatoms. The standard InChI is InChI=1S/C11H18ClN3/c1-4-15(7-5-6-12)11-10(3)13-8-9(2)14-11/h8H,4-7H2,1-3H3. The van der Waals surface area contributed by atoms with Crippen LogP contribution in [0.25, 0.3) is 0 Å². The summed E-state index contributed by atoms with van der Waals surface area (Å²) < 4.78 is 0. The molecule has 0 unspecified atom stereocenters. The second-order valence-corrected chi connectivity index (χ2v) is 3.92. The number of rotatable bonds is 5. The third-order valence-corrected chi connectivity index (χ3v) is 2.56. The highest BCUT2D eigenvalue weighted by Gasteiger charge is 2.09. The van der Waals surface area contributed by atoms with Crippen molar-refractivity contribution in [3.63, 3.8) is 0 Å². The zero-order chi connectivity index (χ0) is 11.3. The lowest BCUT2D eigenvalue weighted by molar-refractivity contribution is 0.770. The van der Waals surface area contributed by atoms with E-state index in [0.29, 0.717) is 5.88 Å². The van der Waals surface area contributed by atoms with E-state index in [2.05, 4.69) is 21.8 Å². The summed E-state index contributed by atoms with van der Waals surface area (Å²) in [5.74, 6) is 1.68. The summed E-state index contributed by atoms with van der Waals surface area (Å²) in [4.78, 5) is 11.1. The number of aromatic nitrogens is 2. The second kappa shape index (κ2) is 5.91. The summed E-state index contributed by atoms with van der Waals surface area (Å²) in [6, 6.07) is 0. The van der Waals surface area contributed by atoms with Crippen LogP contribution in [0.2, 0.25) is 0 Å². The molecular formula is C11H18ClN3. The van der Waals surface area contributed by atoms with Gasteiger partial charge in [0.05, 0.1) is 11.4 Å². The first-order valence-electron chi connectivity index (χ1n) is 5.30. The fraction of sp³-hybridized carbons (Fsp3) is 0.636. The molecular weight excluding hydrogens is 210 g/mol. The van der Waals surface area contributed by atoms with E-state index in [1.807, 2.05) is 13.8 Å². The van der Waals surface area contributed by atoms with E-state index in [9.17, 15) is 0 Å². The van der Waals surface area contributed by atoms with Crippen LogP contribution < -0.4 is 4.90 Å². The van der Waals surface area contributed by atoms with Crippen molar-refractivity contribution in [2.24, 2.45) is 0 Å². The Morgan fingerprint density at radius 2 is 2.13 bits per heavy atom. The minimum absolute atomic E-state index is 0.689. The number of halogens is 1. The Morgan fingerprint density at radius 3 is 2.73 bits per heavy atom. The average Bonchev–Trinajstić information content (AvgIpc) is 2.24. The average molecular weight is 228 g/mol. The Morgan fingerprint density at radius 1 is 1.40 bits per heavy atom. The summed E-state index contributed by atoms with van der Waals surface area (Å²) >= 11 is 5.70. The lowest BCUT2D eigenvalue weighted by Crippen LogP contribution is -2.26. The van der Waals surface area contributed by atoms with Crippen molar-refractivity contribution in [1.29, 1.82) is 0 Å². The highest BCUT2D eigenvalue weighted by atomic mass is 35.5. The van der Waals surface area contributed by atoms with Crippen molar-refractivity contribution in [2.45, 2.75) is 27.2 Å². The Kier molecular flexibility index (Phi) is 4.82. The quantitative estimate of drug-likeness (QED) is 0.724. The van der Waals surface area contributed by atoms with Gasteiger partial charge >= 0.3 is 0 Å². The van der Waals surface area contributed by atoms with Gasteiger partial charge in [0, 0.05) is 25.2 Å². The van der Waals surface area contributed by atoms with Crippen LogP contribution >= 0.6 is 11.6 Å². The zero-order valence-electron chi connectivity index (χ0n) is 9.63. The molecule has 0 aliphatic carbocycles. The van der Waals surface area contributed by atoms with Crippen LogP contribution in [0.1, 0.15) is 24.7 Å². The molecule has 0 atom stereocenters. The molecule has 0 fully saturated rings. The lowest BCUT2D eigenvalue weighted by atomic mass is 10.3. The van der Waals surface area contributed by atoms with Crippen molar-refractivity contribution in [3.8, 4) is 0 Å². The van der Waals surface area contributed by atoms with Gasteiger partial charge in [-0.25, -0.2) is 4.98 Å². The predicted octanol–water partition coefficient (Wildman–Crippen LogP) is 2.55. The molecule has 1 aromatic rings. The predicted molar refractivity (Wildman–Crippen MR) is 64.7 cm³/mol. The SMILES string of the molecule is CCN(CCCCl)c1nc(C)cnc1C. The van der Waals surface area contributed by atoms with Gasteiger partial charge in [0.1, 0.15) is 5.82 Å². The lowest BCUT2D eigenvalue weighted by Gasteiger charge is -2.22. The monoisotopic (exact) mass is 227 g/mol. The van der Waals surface area contributed by atoms with Crippen molar-refractivity contribution in [2.75, 3.05) is 23.9 Å². The molecule has 0 amide bonds. The number of hydrogen-bond donors (Lipinski definition) is 0. The van der Waals surface area contributed by atoms with Crippen LogP contribution in [0, 0.1) is 13.8 Å². The van der Waals surface area contributed by atoms with Gasteiger partial charge in [-0.15, -0.1) is 11.6 Å². The normalized spacial score (nSPS) is 10.4. The summed E-state index contributed by atoms with van der Waals surface area (Å²) in [6.45, 7) is 7.96. The van der Waals surface area contributed by atoms with Crippen LogP contribution in [0.15, 0.2) is 6.20 Å². The molecule has 15 heavy (non-hydrogen) atoms. The Labute approximate surface area is 96.5 Å². The van der Waals surface area contributed by atoms with Gasteiger partial charge in [-0.2, -0.15) is 0 Å². The van der Waals surface area contributed by atoms with E-state index < -0.39 is 0 Å². The van der Waals surface area contributed by atoms with Gasteiger partial charge in [0.25, 0.3) is 0 Å². The molecule has 0 radical (unpaired) electrons. The molecule has 84 valence electrons. The molecule has 1 aromatic heterocycles. The van der Waals surface area contributed by atoms with Crippen LogP contribution in [0.3, 0.4) is 0 Å². The number of anilines is 1. The van der Waals surface area contributed by atoms with Crippen molar-refractivity contribution in [3.05, 3.63) is 17.6 Å². The fourth-order valence-electron chi connectivity index (χ4n) is 1.49. The molecule has 0 spiro atoms. The van der Waals surface area contributed by atoms with Crippen molar-refractivity contribution >= 4 is 17.4 Å². The van der Waals surface area contributed by atoms with Crippen LogP contribution in [0.4, 0.5) is 5.82 Å². The Balaban J connectivity index is 2.85. The topological polar surface area (TPSA) is 29.0 Å². The number of alkyl halides is 1. The van der Waals surface area contributed by atoms with Gasteiger partial charge in [-0.1, -0.05) is 0 Å². The Bertz CT molecular complexity index is 315. The number of nitrogens with zero attached hydrogens (tertiary/aromatic N) is 3. The first-order chi connectivity index (χ1) is 7.19. The molecule has 0 N–H and O–H groups in total. The molecule has 3 nitrogen and oxygen atoms in total. The highest BCUT2D eigenvalue weighted by molar-refractivity contribution is 6.17. The van der Waals surface area contributed by atoms with Gasteiger partial charge in [-0.3, -0.25) is 4.98 Å². The largest absolute Gasteiger partial charge is 0.355 e. The molecule has 1 rings (SSSR count). The minimum Gasteiger partial charge on any atom is -0.355 e. The van der Waals surface area contributed by atoms with Crippen molar-refractivity contribution in [1.82, 2.24) is 9.97 Å². The molecule has 0 aliphatic rings. The van der Waals surface area contributed by atoms with Gasteiger partial charge in [0.15, 0.2) is 0 Å². The van der Waals surface area contributed by atoms with Crippen LogP contribution in [-0.2, 0) is 0 Å². The van der Waals surface area contributed by atoms with Gasteiger partial charge < -0.3 is 4.90 Å². The van der Waals surface area contributed by atoms with E-state index in [0.717, 1.165) is 36.7 Å². The first-order valence-corrected chi connectivity index (χ1v) is 5.83. The first kappa shape index (κ1) is 12.2. The molecule has 0 aliphatic heterocycles. The summed E-state index contributed by atoms with van der Waals surface area (Å²) in [7, 11) is 0. The third-order valence-electron chi connectivity index (χ3n) is 2.29. The maximum absolute atomic E-state index is 5.70. The maximum atomic E-state index is 5.70. The van der Waals surface area contributed by atoms with Crippen LogP contribution in [0.5, 0.6) is 0 Å². The summed E-state index contributed by atoms with van der Waals surface area (Å²) in [5.41, 5.74) is 1.94. The van der Waals surface area contributed by atoms with E-state index in [1.165, 1.54) is 0 Å². The van der Waals surface area contributed by atoms with Gasteiger partial charge in [-0.05, 0) is 27.2 Å². The highest BCUT2D eigenvalue weighted by Crippen LogP contribution is 2.15. The molecule has 0 saturated heterocycles. The Hall–Kier alpha value is -0.830. The summed E-state index contributed by atoms with van der Waals surface area (Å²) in [5, 5.41) is 0. The second-order valence-electron chi connectivity index (χ2n) is 3.54. The molecule has 0 bridgehead atoms. The van der Waals surface area contributed by atoms with E-state index in [-0.39, 0.29) is 0 Å². The van der Waals surface area contributed by atoms with E-state index in [1.54, 1.807) is 6.20 Å². The smallest absolute Gasteiger partial charge is 0.150 e.